The normalized spacial score (nSPS) is 12.2. The molecule has 5 heteroatoms. The van der Waals surface area contributed by atoms with Crippen LogP contribution in [0.25, 0.3) is 0 Å². The lowest BCUT2D eigenvalue weighted by Gasteiger charge is -2.08. The maximum absolute atomic E-state index is 11.3. The molecule has 0 aromatic heterocycles. The number of carbonyl (C=O) groups is 1. The molecule has 0 saturated heterocycles. The first kappa shape index (κ1) is 13.0. The first-order valence-corrected chi connectivity index (χ1v) is 6.13. The highest BCUT2D eigenvalue weighted by Crippen LogP contribution is 2.17. The van der Waals surface area contributed by atoms with Gasteiger partial charge in [-0.2, -0.15) is 11.8 Å². The number of nitrogens with two attached hydrogens (primary N) is 2. The summed E-state index contributed by atoms with van der Waals surface area (Å²) >= 11 is 1.77. The molecule has 1 aromatic rings. The number of thioether (sulfide) groups is 1. The van der Waals surface area contributed by atoms with Gasteiger partial charge in [-0.3, -0.25) is 10.2 Å². The lowest BCUT2D eigenvalue weighted by atomic mass is 10.1. The second-order valence-electron chi connectivity index (χ2n) is 3.53. The van der Waals surface area contributed by atoms with Crippen LogP contribution in [0.3, 0.4) is 0 Å². The third-order valence-corrected chi connectivity index (χ3v) is 3.45. The Morgan fingerprint density at radius 3 is 2.94 bits per heavy atom. The van der Waals surface area contributed by atoms with E-state index in [1.807, 2.05) is 18.2 Å². The molecule has 0 aliphatic carbocycles. The van der Waals surface area contributed by atoms with Crippen LogP contribution in [0.5, 0.6) is 0 Å². The molecule has 1 atom stereocenters. The molecule has 4 nitrogen and oxygen atoms in total. The molecule has 5 N–H and O–H groups in total. The van der Waals surface area contributed by atoms with Crippen LogP contribution in [-0.4, -0.2) is 17.7 Å². The number of hydrogen-bond acceptors (Lipinski definition) is 4. The fourth-order valence-corrected chi connectivity index (χ4v) is 1.98. The Balaban J connectivity index is 2.64. The van der Waals surface area contributed by atoms with E-state index in [1.165, 1.54) is 0 Å². The second-order valence-corrected chi connectivity index (χ2v) is 4.96. The number of amides is 1. The van der Waals surface area contributed by atoms with E-state index in [2.05, 4.69) is 12.3 Å². The minimum absolute atomic E-state index is 0.265. The summed E-state index contributed by atoms with van der Waals surface area (Å²) in [5.41, 5.74) is 9.34. The zero-order chi connectivity index (χ0) is 12.0. The van der Waals surface area contributed by atoms with Gasteiger partial charge in [-0.05, 0) is 17.7 Å². The summed E-state index contributed by atoms with van der Waals surface area (Å²) in [5, 5.41) is 0.423. The summed E-state index contributed by atoms with van der Waals surface area (Å²) in [6.07, 6.45) is 0. The van der Waals surface area contributed by atoms with E-state index in [9.17, 15) is 4.79 Å². The van der Waals surface area contributed by atoms with Gasteiger partial charge in [0, 0.05) is 23.1 Å². The lowest BCUT2D eigenvalue weighted by Crippen LogP contribution is -2.29. The Bertz CT molecular complexity index is 357. The number of hydrogen-bond donors (Lipinski definition) is 3. The minimum Gasteiger partial charge on any atom is -0.329 e. The Morgan fingerprint density at radius 2 is 2.31 bits per heavy atom. The molecule has 0 bridgehead atoms. The van der Waals surface area contributed by atoms with Crippen molar-refractivity contribution in [3.63, 3.8) is 0 Å². The van der Waals surface area contributed by atoms with Gasteiger partial charge >= 0.3 is 0 Å². The van der Waals surface area contributed by atoms with E-state index >= 15 is 0 Å². The summed E-state index contributed by atoms with van der Waals surface area (Å²) in [7, 11) is 0. The Morgan fingerprint density at radius 1 is 1.56 bits per heavy atom. The third-order valence-electron chi connectivity index (χ3n) is 2.19. The SMILES string of the molecule is CC(CN)SCc1cccc(C(=O)NN)c1. The smallest absolute Gasteiger partial charge is 0.265 e. The van der Waals surface area contributed by atoms with E-state index in [-0.39, 0.29) is 5.91 Å². The van der Waals surface area contributed by atoms with Gasteiger partial charge in [-0.25, -0.2) is 5.84 Å². The molecule has 0 radical (unpaired) electrons. The number of carbonyl (C=O) groups excluding carboxylic acids is 1. The lowest BCUT2D eigenvalue weighted by molar-refractivity contribution is 0.0953. The topological polar surface area (TPSA) is 81.1 Å². The third kappa shape index (κ3) is 3.84. The average Bonchev–Trinajstić information content (AvgIpc) is 2.35. The molecule has 1 amide bonds. The van der Waals surface area contributed by atoms with Crippen LogP contribution in [-0.2, 0) is 5.75 Å². The van der Waals surface area contributed by atoms with Crippen molar-refractivity contribution < 1.29 is 4.79 Å². The van der Waals surface area contributed by atoms with Crippen LogP contribution < -0.4 is 17.0 Å². The van der Waals surface area contributed by atoms with E-state index in [0.717, 1.165) is 11.3 Å². The molecule has 1 rings (SSSR count). The van der Waals surface area contributed by atoms with Crippen molar-refractivity contribution in [1.29, 1.82) is 0 Å². The van der Waals surface area contributed by atoms with E-state index in [0.29, 0.717) is 17.4 Å². The summed E-state index contributed by atoms with van der Waals surface area (Å²) in [5.74, 6) is 5.66. The maximum Gasteiger partial charge on any atom is 0.265 e. The van der Waals surface area contributed by atoms with Gasteiger partial charge in [0.05, 0.1) is 0 Å². The monoisotopic (exact) mass is 239 g/mol. The summed E-state index contributed by atoms with van der Waals surface area (Å²) in [4.78, 5) is 11.3. The molecule has 0 aliphatic heterocycles. The van der Waals surface area contributed by atoms with Crippen LogP contribution in [0.1, 0.15) is 22.8 Å². The molecule has 0 heterocycles. The van der Waals surface area contributed by atoms with Gasteiger partial charge in [0.1, 0.15) is 0 Å². The molecule has 0 saturated carbocycles. The quantitative estimate of drug-likeness (QED) is 0.404. The standard InChI is InChI=1S/C11H17N3OS/c1-8(6-12)16-7-9-3-2-4-10(5-9)11(15)14-13/h2-5,8H,6-7,12-13H2,1H3,(H,14,15). The predicted octanol–water partition coefficient (Wildman–Crippen LogP) is 0.871. The fourth-order valence-electron chi connectivity index (χ4n) is 1.19. The van der Waals surface area contributed by atoms with Gasteiger partial charge in [0.15, 0.2) is 0 Å². The zero-order valence-corrected chi connectivity index (χ0v) is 10.1. The maximum atomic E-state index is 11.3. The Hall–Kier alpha value is -1.04. The number of rotatable bonds is 5. The van der Waals surface area contributed by atoms with E-state index in [1.54, 1.807) is 17.8 Å². The largest absolute Gasteiger partial charge is 0.329 e. The molecule has 88 valence electrons. The highest BCUT2D eigenvalue weighted by molar-refractivity contribution is 7.99. The Labute approximate surface area is 99.7 Å². The first-order chi connectivity index (χ1) is 7.67. The van der Waals surface area contributed by atoms with Crippen LogP contribution in [0.4, 0.5) is 0 Å². The molecule has 1 unspecified atom stereocenters. The molecule has 1 aromatic carbocycles. The van der Waals surface area contributed by atoms with Crippen molar-refractivity contribution in [1.82, 2.24) is 5.43 Å². The summed E-state index contributed by atoms with van der Waals surface area (Å²) < 4.78 is 0. The van der Waals surface area contributed by atoms with Crippen molar-refractivity contribution >= 4 is 17.7 Å². The van der Waals surface area contributed by atoms with Crippen molar-refractivity contribution in [2.24, 2.45) is 11.6 Å². The number of hydrazine groups is 1. The second kappa shape index (κ2) is 6.52. The molecule has 0 aliphatic rings. The number of benzene rings is 1. The van der Waals surface area contributed by atoms with Gasteiger partial charge < -0.3 is 5.73 Å². The van der Waals surface area contributed by atoms with E-state index in [4.69, 9.17) is 11.6 Å². The van der Waals surface area contributed by atoms with E-state index < -0.39 is 0 Å². The highest BCUT2D eigenvalue weighted by atomic mass is 32.2. The zero-order valence-electron chi connectivity index (χ0n) is 9.27. The average molecular weight is 239 g/mol. The van der Waals surface area contributed by atoms with Gasteiger partial charge in [-0.1, -0.05) is 19.1 Å². The minimum atomic E-state index is -0.265. The first-order valence-electron chi connectivity index (χ1n) is 5.09. The van der Waals surface area contributed by atoms with Crippen LogP contribution >= 0.6 is 11.8 Å². The van der Waals surface area contributed by atoms with Gasteiger partial charge in [0.25, 0.3) is 5.91 Å². The fraction of sp³-hybridized carbons (Fsp3) is 0.364. The highest BCUT2D eigenvalue weighted by Gasteiger charge is 2.05. The molecule has 0 spiro atoms. The van der Waals surface area contributed by atoms with Crippen LogP contribution in [0, 0.1) is 0 Å². The van der Waals surface area contributed by atoms with Crippen LogP contribution in [0.15, 0.2) is 24.3 Å². The summed E-state index contributed by atoms with van der Waals surface area (Å²) in [6.45, 7) is 2.74. The van der Waals surface area contributed by atoms with Gasteiger partial charge in [-0.15, -0.1) is 0 Å². The number of nitrogens with one attached hydrogen (secondary N) is 1. The van der Waals surface area contributed by atoms with Crippen LogP contribution in [0.2, 0.25) is 0 Å². The molecule has 16 heavy (non-hydrogen) atoms. The Kier molecular flexibility index (Phi) is 5.31. The predicted molar refractivity (Wildman–Crippen MR) is 67.9 cm³/mol. The summed E-state index contributed by atoms with van der Waals surface area (Å²) in [6, 6.07) is 7.43. The van der Waals surface area contributed by atoms with Crippen molar-refractivity contribution in [2.45, 2.75) is 17.9 Å². The number of nitrogen functional groups attached to an aromatic ring is 1. The van der Waals surface area contributed by atoms with Gasteiger partial charge in [0.2, 0.25) is 0 Å². The molecule has 0 fully saturated rings. The molecular formula is C11H17N3OS. The van der Waals surface area contributed by atoms with Crippen molar-refractivity contribution in [2.75, 3.05) is 6.54 Å². The van der Waals surface area contributed by atoms with Crippen molar-refractivity contribution in [3.05, 3.63) is 35.4 Å². The molecular weight excluding hydrogens is 222 g/mol. The van der Waals surface area contributed by atoms with Crippen molar-refractivity contribution in [3.8, 4) is 0 Å².